The summed E-state index contributed by atoms with van der Waals surface area (Å²) < 4.78 is 68.0. The second-order valence-electron chi connectivity index (χ2n) is 9.21. The summed E-state index contributed by atoms with van der Waals surface area (Å²) in [4.78, 5) is 39.6. The van der Waals surface area contributed by atoms with Crippen LogP contribution in [-0.4, -0.2) is 45.5 Å². The van der Waals surface area contributed by atoms with E-state index in [1.807, 2.05) is 0 Å². The van der Waals surface area contributed by atoms with Crippen molar-refractivity contribution in [2.24, 2.45) is 0 Å². The van der Waals surface area contributed by atoms with Crippen LogP contribution < -0.4 is 21.3 Å². The number of benzene rings is 2. The molecule has 2 aliphatic rings. The molecule has 5 rings (SSSR count). The second-order valence-corrected chi connectivity index (χ2v) is 9.21. The maximum Gasteiger partial charge on any atom is 0.419 e. The van der Waals surface area contributed by atoms with Gasteiger partial charge in [-0.2, -0.15) is 13.2 Å². The number of aromatic nitrogens is 2. The number of ether oxygens (including phenoxy) is 2. The van der Waals surface area contributed by atoms with Gasteiger partial charge in [0.25, 0.3) is 5.56 Å². The van der Waals surface area contributed by atoms with Crippen LogP contribution in [0.1, 0.15) is 41.3 Å². The Bertz CT molecular complexity index is 1540. The normalized spacial score (nSPS) is 24.0. The number of hydrogen-bond donors (Lipinski definition) is 3. The molecular formula is C26H23F4N3O6. The van der Waals surface area contributed by atoms with Gasteiger partial charge in [0.2, 0.25) is 5.91 Å². The lowest BCUT2D eigenvalue weighted by molar-refractivity contribution is -0.139. The molecule has 3 heterocycles. The van der Waals surface area contributed by atoms with Crippen molar-refractivity contribution in [3.63, 3.8) is 0 Å². The molecule has 13 heteroatoms. The lowest BCUT2D eigenvalue weighted by atomic mass is 9.86. The molecule has 1 saturated heterocycles. The smallest absolute Gasteiger partial charge is 0.419 e. The molecule has 0 aliphatic carbocycles. The number of carbonyl (C=O) groups excluding carboxylic acids is 1. The number of aromatic amines is 1. The number of aliphatic hydroxyl groups is 1. The molecule has 5 atom stereocenters. The topological polar surface area (TPSA) is 123 Å². The first-order valence-electron chi connectivity index (χ1n) is 12.1. The van der Waals surface area contributed by atoms with E-state index in [-0.39, 0.29) is 23.3 Å². The summed E-state index contributed by atoms with van der Waals surface area (Å²) in [6.07, 6.45) is -10.0. The minimum Gasteiger partial charge on any atom is -0.456 e. The van der Waals surface area contributed by atoms with E-state index in [2.05, 4.69) is 10.3 Å². The van der Waals surface area contributed by atoms with Gasteiger partial charge in [0.05, 0.1) is 11.5 Å². The molecule has 0 radical (unpaired) electrons. The van der Waals surface area contributed by atoms with Crippen LogP contribution in [0.5, 0.6) is 11.5 Å². The lowest BCUT2D eigenvalue weighted by Gasteiger charge is -2.29. The predicted octanol–water partition coefficient (Wildman–Crippen LogP) is 2.77. The number of alkyl halides is 4. The zero-order valence-corrected chi connectivity index (χ0v) is 20.4. The van der Waals surface area contributed by atoms with E-state index in [9.17, 15) is 32.7 Å². The number of halogens is 4. The molecule has 1 aromatic heterocycles. The van der Waals surface area contributed by atoms with Gasteiger partial charge in [-0.1, -0.05) is 37.3 Å². The first kappa shape index (κ1) is 26.6. The third-order valence-electron chi connectivity index (χ3n) is 6.83. The number of aliphatic hydroxyl groups excluding tert-OH is 1. The Morgan fingerprint density at radius 2 is 1.85 bits per heavy atom. The molecule has 3 aromatic rings. The molecule has 1 amide bonds. The van der Waals surface area contributed by atoms with Gasteiger partial charge in [-0.05, 0) is 18.6 Å². The summed E-state index contributed by atoms with van der Waals surface area (Å²) in [6, 6.07) is 9.54. The van der Waals surface area contributed by atoms with Crippen molar-refractivity contribution in [3.8, 4) is 11.5 Å². The molecule has 0 saturated carbocycles. The minimum atomic E-state index is -4.73. The Kier molecular flexibility index (Phi) is 6.81. The highest BCUT2D eigenvalue weighted by Gasteiger charge is 2.46. The third kappa shape index (κ3) is 4.72. The Balaban J connectivity index is 1.40. The van der Waals surface area contributed by atoms with Gasteiger partial charge in [0.1, 0.15) is 23.7 Å². The van der Waals surface area contributed by atoms with Crippen molar-refractivity contribution < 1.29 is 36.9 Å². The van der Waals surface area contributed by atoms with Crippen molar-refractivity contribution in [1.82, 2.24) is 14.9 Å². The molecule has 3 N–H and O–H groups in total. The molecule has 2 aliphatic heterocycles. The number of amides is 1. The first-order chi connectivity index (χ1) is 18.5. The molecule has 2 aromatic carbocycles. The second kappa shape index (κ2) is 9.97. The summed E-state index contributed by atoms with van der Waals surface area (Å²) in [5.74, 6) is -2.34. The number of rotatable bonds is 5. The number of aryl methyl sites for hydroxylation is 1. The largest absolute Gasteiger partial charge is 0.456 e. The van der Waals surface area contributed by atoms with Crippen molar-refractivity contribution in [2.75, 3.05) is 6.54 Å². The van der Waals surface area contributed by atoms with Crippen LogP contribution in [0.4, 0.5) is 17.6 Å². The number of para-hydroxylation sites is 2. The Morgan fingerprint density at radius 1 is 1.13 bits per heavy atom. The number of nitrogens with one attached hydrogen (secondary N) is 2. The van der Waals surface area contributed by atoms with Crippen LogP contribution in [0.3, 0.4) is 0 Å². The quantitative estimate of drug-likeness (QED) is 0.421. The van der Waals surface area contributed by atoms with Gasteiger partial charge in [-0.25, -0.2) is 9.18 Å². The highest BCUT2D eigenvalue weighted by molar-refractivity contribution is 5.90. The van der Waals surface area contributed by atoms with E-state index in [0.29, 0.717) is 5.56 Å². The van der Waals surface area contributed by atoms with E-state index in [1.165, 1.54) is 18.2 Å². The molecule has 1 unspecified atom stereocenters. The average molecular weight is 549 g/mol. The number of nitrogens with zero attached hydrogens (tertiary/aromatic N) is 1. The Morgan fingerprint density at radius 3 is 2.56 bits per heavy atom. The van der Waals surface area contributed by atoms with E-state index in [1.54, 1.807) is 25.1 Å². The van der Waals surface area contributed by atoms with Crippen LogP contribution in [0.2, 0.25) is 0 Å². The van der Waals surface area contributed by atoms with Crippen molar-refractivity contribution >= 4 is 5.91 Å². The molecule has 206 valence electrons. The highest BCUT2D eigenvalue weighted by Crippen LogP contribution is 2.49. The lowest BCUT2D eigenvalue weighted by Crippen LogP contribution is -2.41. The van der Waals surface area contributed by atoms with Gasteiger partial charge in [-0.15, -0.1) is 0 Å². The number of hydrogen-bond acceptors (Lipinski definition) is 6. The Labute approximate surface area is 218 Å². The van der Waals surface area contributed by atoms with E-state index >= 15 is 4.39 Å². The molecule has 0 bridgehead atoms. The predicted molar refractivity (Wildman–Crippen MR) is 128 cm³/mol. The van der Waals surface area contributed by atoms with E-state index in [0.717, 1.165) is 16.8 Å². The van der Waals surface area contributed by atoms with Crippen molar-refractivity contribution in [3.05, 3.63) is 91.8 Å². The van der Waals surface area contributed by atoms with Gasteiger partial charge in [-0.3, -0.25) is 19.1 Å². The van der Waals surface area contributed by atoms with E-state index < -0.39 is 71.7 Å². The van der Waals surface area contributed by atoms with Gasteiger partial charge < -0.3 is 19.9 Å². The van der Waals surface area contributed by atoms with Crippen LogP contribution in [-0.2, 0) is 22.1 Å². The van der Waals surface area contributed by atoms with Gasteiger partial charge in [0, 0.05) is 29.4 Å². The van der Waals surface area contributed by atoms with Crippen molar-refractivity contribution in [1.29, 1.82) is 0 Å². The zero-order valence-electron chi connectivity index (χ0n) is 20.4. The number of H-pyrrole nitrogens is 1. The maximum absolute atomic E-state index is 15.0. The van der Waals surface area contributed by atoms with Crippen LogP contribution in [0, 0.1) is 0 Å². The molecular weight excluding hydrogens is 526 g/mol. The van der Waals surface area contributed by atoms with E-state index in [4.69, 9.17) is 9.47 Å². The average Bonchev–Trinajstić information content (AvgIpc) is 3.18. The summed E-state index contributed by atoms with van der Waals surface area (Å²) in [6.45, 7) is 1.25. The van der Waals surface area contributed by atoms with Crippen LogP contribution in [0.15, 0.2) is 58.3 Å². The molecule has 0 spiro atoms. The van der Waals surface area contributed by atoms with Crippen LogP contribution in [0.25, 0.3) is 0 Å². The maximum atomic E-state index is 15.0. The number of fused-ring (bicyclic) bond motifs is 2. The Hall–Kier alpha value is -3.97. The first-order valence-corrected chi connectivity index (χ1v) is 12.1. The molecule has 1 fully saturated rings. The van der Waals surface area contributed by atoms with Gasteiger partial charge >= 0.3 is 11.9 Å². The highest BCUT2D eigenvalue weighted by atomic mass is 19.4. The molecule has 9 nitrogen and oxygen atoms in total. The summed E-state index contributed by atoms with van der Waals surface area (Å²) in [7, 11) is 0. The standard InChI is InChI=1S/C26H23F4N3O6/c1-2-12-11-33(25(37)32-22(12)35)24-19(27)20(34)17(39-24)10-31-23(36)18-13-6-3-4-9-16(13)38-21-14(18)7-5-8-15(21)26(28,29)30/h3-9,11,17-20,24,34H,2,10H2,1H3,(H,31,36)(H,32,35,37)/t17-,18?,19+,20-,24-/m1/s1. The minimum absolute atomic E-state index is 0.0120. The monoisotopic (exact) mass is 549 g/mol. The summed E-state index contributed by atoms with van der Waals surface area (Å²) in [5.41, 5.74) is -2.08. The fourth-order valence-electron chi connectivity index (χ4n) is 4.86. The molecule has 39 heavy (non-hydrogen) atoms. The fourth-order valence-corrected chi connectivity index (χ4v) is 4.86. The van der Waals surface area contributed by atoms with Gasteiger partial charge in [0.15, 0.2) is 12.4 Å². The van der Waals surface area contributed by atoms with Crippen LogP contribution >= 0.6 is 0 Å². The summed E-state index contributed by atoms with van der Waals surface area (Å²) >= 11 is 0. The van der Waals surface area contributed by atoms with Crippen molar-refractivity contribution in [2.45, 2.75) is 50.0 Å². The summed E-state index contributed by atoms with van der Waals surface area (Å²) in [5, 5.41) is 13.0. The number of carbonyl (C=O) groups is 1. The third-order valence-corrected chi connectivity index (χ3v) is 6.83. The zero-order chi connectivity index (χ0) is 28.1. The fraction of sp³-hybridized carbons (Fsp3) is 0.346. The SMILES string of the molecule is CCc1cn([C@@H]2O[C@H](CNC(=O)C3c4ccccc4Oc4c3cccc4C(F)(F)F)[C@@H](O)[C@@H]2F)c(=O)[nH]c1=O.